The molecule has 0 radical (unpaired) electrons. The molecule has 0 atom stereocenters. The van der Waals surface area contributed by atoms with E-state index >= 15 is 0 Å². The normalized spacial score (nSPS) is 11.4. The Bertz CT molecular complexity index is 961. The Balaban J connectivity index is 1.48. The number of rotatable bonds is 9. The maximum absolute atomic E-state index is 11.9. The molecule has 0 fully saturated rings. The Labute approximate surface area is 171 Å². The molecule has 2 N–H and O–H groups in total. The number of aromatic nitrogens is 1. The van der Waals surface area contributed by atoms with Crippen molar-refractivity contribution in [1.29, 1.82) is 0 Å². The number of aromatic hydroxyl groups is 1. The zero-order valence-electron chi connectivity index (χ0n) is 17.1. The van der Waals surface area contributed by atoms with Gasteiger partial charge in [-0.3, -0.25) is 0 Å². The molecule has 3 rings (SSSR count). The van der Waals surface area contributed by atoms with Crippen LogP contribution >= 0.6 is 0 Å². The van der Waals surface area contributed by atoms with Crippen molar-refractivity contribution in [3.63, 3.8) is 0 Å². The van der Waals surface area contributed by atoms with E-state index in [2.05, 4.69) is 9.88 Å². The Kier molecular flexibility index (Phi) is 6.32. The third-order valence-corrected chi connectivity index (χ3v) is 4.65. The fourth-order valence-corrected chi connectivity index (χ4v) is 3.15. The first kappa shape index (κ1) is 20.6. The zero-order valence-corrected chi connectivity index (χ0v) is 17.1. The van der Waals surface area contributed by atoms with Crippen LogP contribution < -0.4 is 10.1 Å². The SMILES string of the molecule is CCOC(=O)C(C)(C)Oc1ccc(NCCCn2ccc3cc(O)ccc32)cc1. The highest BCUT2D eigenvalue weighted by molar-refractivity contribution is 5.81. The third-order valence-electron chi connectivity index (χ3n) is 4.65. The van der Waals surface area contributed by atoms with Crippen molar-refractivity contribution in [3.05, 3.63) is 54.7 Å². The van der Waals surface area contributed by atoms with Crippen molar-refractivity contribution in [1.82, 2.24) is 4.57 Å². The lowest BCUT2D eigenvalue weighted by Gasteiger charge is -2.24. The molecule has 0 aliphatic carbocycles. The summed E-state index contributed by atoms with van der Waals surface area (Å²) < 4.78 is 13.0. The Morgan fingerprint density at radius 2 is 1.90 bits per heavy atom. The lowest BCUT2D eigenvalue weighted by molar-refractivity contribution is -0.158. The van der Waals surface area contributed by atoms with Crippen LogP contribution in [0.4, 0.5) is 5.69 Å². The number of benzene rings is 2. The van der Waals surface area contributed by atoms with Crippen LogP contribution in [0.2, 0.25) is 0 Å². The number of carbonyl (C=O) groups excluding carboxylic acids is 1. The number of carbonyl (C=O) groups is 1. The molecule has 1 heterocycles. The Morgan fingerprint density at radius 3 is 2.62 bits per heavy atom. The minimum absolute atomic E-state index is 0.287. The molecule has 0 saturated carbocycles. The second-order valence-electron chi connectivity index (χ2n) is 7.39. The van der Waals surface area contributed by atoms with Gasteiger partial charge in [-0.15, -0.1) is 0 Å². The summed E-state index contributed by atoms with van der Waals surface area (Å²) in [5.74, 6) is 0.528. The van der Waals surface area contributed by atoms with Crippen molar-refractivity contribution in [2.75, 3.05) is 18.5 Å². The number of aryl methyl sites for hydroxylation is 1. The largest absolute Gasteiger partial charge is 0.508 e. The van der Waals surface area contributed by atoms with Crippen molar-refractivity contribution in [3.8, 4) is 11.5 Å². The van der Waals surface area contributed by atoms with E-state index in [4.69, 9.17) is 9.47 Å². The van der Waals surface area contributed by atoms with Crippen molar-refractivity contribution in [2.45, 2.75) is 39.3 Å². The minimum atomic E-state index is -1.03. The molecule has 0 aliphatic rings. The van der Waals surface area contributed by atoms with Gasteiger partial charge in [-0.05, 0) is 75.7 Å². The maximum atomic E-state index is 11.9. The number of esters is 1. The topological polar surface area (TPSA) is 72.7 Å². The van der Waals surface area contributed by atoms with Gasteiger partial charge in [-0.2, -0.15) is 0 Å². The first-order chi connectivity index (χ1) is 13.9. The van der Waals surface area contributed by atoms with Crippen molar-refractivity contribution < 1.29 is 19.4 Å². The van der Waals surface area contributed by atoms with E-state index in [1.807, 2.05) is 42.6 Å². The first-order valence-corrected chi connectivity index (χ1v) is 9.87. The minimum Gasteiger partial charge on any atom is -0.508 e. The molecule has 0 saturated heterocycles. The summed E-state index contributed by atoms with van der Waals surface area (Å²) in [4.78, 5) is 11.9. The summed E-state index contributed by atoms with van der Waals surface area (Å²) >= 11 is 0. The van der Waals surface area contributed by atoms with E-state index < -0.39 is 5.60 Å². The van der Waals surface area contributed by atoms with Crippen LogP contribution in [0.25, 0.3) is 10.9 Å². The summed E-state index contributed by atoms with van der Waals surface area (Å²) in [5.41, 5.74) is 1.09. The van der Waals surface area contributed by atoms with E-state index in [-0.39, 0.29) is 11.7 Å². The van der Waals surface area contributed by atoms with Gasteiger partial charge in [-0.1, -0.05) is 0 Å². The van der Waals surface area contributed by atoms with Gasteiger partial charge in [0.2, 0.25) is 0 Å². The van der Waals surface area contributed by atoms with E-state index in [1.165, 1.54) is 0 Å². The molecule has 1 aromatic heterocycles. The fourth-order valence-electron chi connectivity index (χ4n) is 3.15. The van der Waals surface area contributed by atoms with Crippen LogP contribution in [0.15, 0.2) is 54.7 Å². The number of hydrogen-bond acceptors (Lipinski definition) is 5. The summed E-state index contributed by atoms with van der Waals surface area (Å²) in [6.45, 7) is 7.21. The van der Waals surface area contributed by atoms with Crippen LogP contribution in [-0.4, -0.2) is 34.4 Å². The van der Waals surface area contributed by atoms with Crippen LogP contribution in [-0.2, 0) is 16.1 Å². The number of ether oxygens (including phenoxy) is 2. The number of fused-ring (bicyclic) bond motifs is 1. The molecule has 29 heavy (non-hydrogen) atoms. The van der Waals surface area contributed by atoms with Gasteiger partial charge in [0.25, 0.3) is 0 Å². The van der Waals surface area contributed by atoms with E-state index in [0.717, 1.165) is 36.1 Å². The molecule has 0 unspecified atom stereocenters. The molecule has 0 aliphatic heterocycles. The Hall–Kier alpha value is -3.15. The van der Waals surface area contributed by atoms with E-state index in [1.54, 1.807) is 32.9 Å². The van der Waals surface area contributed by atoms with Gasteiger partial charge >= 0.3 is 5.97 Å². The van der Waals surface area contributed by atoms with Gasteiger partial charge in [-0.25, -0.2) is 4.79 Å². The molecule has 6 heteroatoms. The maximum Gasteiger partial charge on any atom is 0.349 e. The number of phenols is 1. The average molecular weight is 396 g/mol. The van der Waals surface area contributed by atoms with Gasteiger partial charge in [0, 0.05) is 35.9 Å². The highest BCUT2D eigenvalue weighted by Crippen LogP contribution is 2.23. The summed E-state index contributed by atoms with van der Waals surface area (Å²) in [5, 5.41) is 14.0. The summed E-state index contributed by atoms with van der Waals surface area (Å²) in [6, 6.07) is 15.0. The zero-order chi connectivity index (χ0) is 20.9. The van der Waals surface area contributed by atoms with Gasteiger partial charge in [0.05, 0.1) is 6.61 Å². The monoisotopic (exact) mass is 396 g/mol. The van der Waals surface area contributed by atoms with E-state index in [9.17, 15) is 9.90 Å². The van der Waals surface area contributed by atoms with Crippen molar-refractivity contribution >= 4 is 22.6 Å². The molecular formula is C23H28N2O4. The molecule has 0 amide bonds. The fraction of sp³-hybridized carbons (Fsp3) is 0.348. The number of phenolic OH excluding ortho intramolecular Hbond substituents is 1. The molecule has 6 nitrogen and oxygen atoms in total. The van der Waals surface area contributed by atoms with Crippen molar-refractivity contribution in [2.24, 2.45) is 0 Å². The molecular weight excluding hydrogens is 368 g/mol. The van der Waals surface area contributed by atoms with Gasteiger partial charge in [0.1, 0.15) is 11.5 Å². The van der Waals surface area contributed by atoms with Gasteiger partial charge < -0.3 is 24.5 Å². The smallest absolute Gasteiger partial charge is 0.349 e. The number of nitrogens with zero attached hydrogens (tertiary/aromatic N) is 1. The third kappa shape index (κ3) is 5.22. The number of anilines is 1. The highest BCUT2D eigenvalue weighted by atomic mass is 16.6. The van der Waals surface area contributed by atoms with Gasteiger partial charge in [0.15, 0.2) is 5.60 Å². The summed E-state index contributed by atoms with van der Waals surface area (Å²) in [6.07, 6.45) is 3.00. The molecule has 3 aromatic rings. The predicted octanol–water partition coefficient (Wildman–Crippen LogP) is 4.57. The van der Waals surface area contributed by atoms with Crippen LogP contribution in [0, 0.1) is 0 Å². The molecule has 2 aromatic carbocycles. The molecule has 154 valence electrons. The highest BCUT2D eigenvalue weighted by Gasteiger charge is 2.31. The van der Waals surface area contributed by atoms with Crippen LogP contribution in [0.1, 0.15) is 27.2 Å². The quantitative estimate of drug-likeness (QED) is 0.409. The van der Waals surface area contributed by atoms with Crippen LogP contribution in [0.3, 0.4) is 0 Å². The second kappa shape index (κ2) is 8.90. The number of hydrogen-bond donors (Lipinski definition) is 2. The molecule has 0 spiro atoms. The second-order valence-corrected chi connectivity index (χ2v) is 7.39. The predicted molar refractivity (Wildman–Crippen MR) is 114 cm³/mol. The summed E-state index contributed by atoms with van der Waals surface area (Å²) in [7, 11) is 0. The first-order valence-electron chi connectivity index (χ1n) is 9.87. The number of nitrogens with one attached hydrogen (secondary N) is 1. The lowest BCUT2D eigenvalue weighted by Crippen LogP contribution is -2.39. The Morgan fingerprint density at radius 1 is 1.14 bits per heavy atom. The standard InChI is InChI=1S/C23H28N2O4/c1-4-28-22(27)23(2,3)29-20-9-6-18(7-10-20)24-13-5-14-25-15-12-17-16-19(26)8-11-21(17)25/h6-12,15-16,24,26H,4-5,13-14H2,1-3H3. The lowest BCUT2D eigenvalue weighted by atomic mass is 10.1. The van der Waals surface area contributed by atoms with E-state index in [0.29, 0.717) is 12.4 Å². The molecule has 0 bridgehead atoms. The average Bonchev–Trinajstić information content (AvgIpc) is 3.08. The van der Waals surface area contributed by atoms with Crippen LogP contribution in [0.5, 0.6) is 11.5 Å².